The SMILES string of the molecule is Fc1ccc(CCSC[C@@H]2CCCN3CCCC[C@H]23)cc1. The number of piperidine rings is 2. The molecular formula is C18H26FNS. The van der Waals surface area contributed by atoms with Gasteiger partial charge in [0.05, 0.1) is 0 Å². The van der Waals surface area contributed by atoms with Crippen LogP contribution in [0.1, 0.15) is 37.7 Å². The Morgan fingerprint density at radius 3 is 2.71 bits per heavy atom. The number of fused-ring (bicyclic) bond motifs is 1. The van der Waals surface area contributed by atoms with E-state index in [1.807, 2.05) is 12.1 Å². The Balaban J connectivity index is 1.41. The number of rotatable bonds is 5. The normalized spacial score (nSPS) is 26.5. The fourth-order valence-electron chi connectivity index (χ4n) is 3.85. The Hall–Kier alpha value is -0.540. The molecule has 2 aliphatic rings. The van der Waals surface area contributed by atoms with E-state index in [0.29, 0.717) is 0 Å². The van der Waals surface area contributed by atoms with Crippen LogP contribution in [-0.2, 0) is 6.42 Å². The molecule has 0 saturated carbocycles. The van der Waals surface area contributed by atoms with Crippen LogP contribution in [0.3, 0.4) is 0 Å². The van der Waals surface area contributed by atoms with Gasteiger partial charge in [-0.1, -0.05) is 18.6 Å². The third-order valence-electron chi connectivity index (χ3n) is 5.01. The molecule has 2 atom stereocenters. The van der Waals surface area contributed by atoms with Crippen molar-refractivity contribution in [3.8, 4) is 0 Å². The molecule has 0 N–H and O–H groups in total. The zero-order valence-electron chi connectivity index (χ0n) is 12.8. The number of halogens is 1. The van der Waals surface area contributed by atoms with Gasteiger partial charge in [0.1, 0.15) is 5.82 Å². The summed E-state index contributed by atoms with van der Waals surface area (Å²) in [6.45, 7) is 2.67. The highest BCUT2D eigenvalue weighted by Crippen LogP contribution is 2.32. The lowest BCUT2D eigenvalue weighted by molar-refractivity contribution is 0.0693. The molecule has 1 aromatic carbocycles. The second kappa shape index (κ2) is 7.64. The summed E-state index contributed by atoms with van der Waals surface area (Å²) >= 11 is 2.09. The second-order valence-electron chi connectivity index (χ2n) is 6.45. The molecule has 0 spiro atoms. The first-order chi connectivity index (χ1) is 10.3. The van der Waals surface area contributed by atoms with Crippen molar-refractivity contribution in [2.75, 3.05) is 24.6 Å². The fourth-order valence-corrected chi connectivity index (χ4v) is 5.09. The van der Waals surface area contributed by atoms with Gasteiger partial charge in [-0.3, -0.25) is 0 Å². The standard InChI is InChI=1S/C18H26FNS/c19-17-8-6-15(7-9-17)10-13-21-14-16-4-3-12-20-11-2-1-5-18(16)20/h6-9,16,18H,1-5,10-14H2/t16-,18+/m0/s1. The highest BCUT2D eigenvalue weighted by molar-refractivity contribution is 7.99. The molecule has 0 aromatic heterocycles. The van der Waals surface area contributed by atoms with Gasteiger partial charge in [0, 0.05) is 6.04 Å². The number of hydrogen-bond acceptors (Lipinski definition) is 2. The Bertz CT molecular complexity index is 431. The van der Waals surface area contributed by atoms with E-state index in [9.17, 15) is 4.39 Å². The molecule has 0 aliphatic carbocycles. The summed E-state index contributed by atoms with van der Waals surface area (Å²) < 4.78 is 12.9. The van der Waals surface area contributed by atoms with Gasteiger partial charge in [-0.05, 0) is 80.3 Å². The summed E-state index contributed by atoms with van der Waals surface area (Å²) in [6, 6.07) is 7.84. The van der Waals surface area contributed by atoms with Crippen molar-refractivity contribution in [1.29, 1.82) is 0 Å². The maximum atomic E-state index is 12.9. The smallest absolute Gasteiger partial charge is 0.123 e. The Morgan fingerprint density at radius 1 is 1.05 bits per heavy atom. The van der Waals surface area contributed by atoms with Gasteiger partial charge >= 0.3 is 0 Å². The van der Waals surface area contributed by atoms with E-state index >= 15 is 0 Å². The molecule has 0 amide bonds. The third-order valence-corrected chi connectivity index (χ3v) is 6.17. The first-order valence-corrected chi connectivity index (χ1v) is 9.54. The van der Waals surface area contributed by atoms with E-state index in [0.717, 1.165) is 24.1 Å². The third kappa shape index (κ3) is 4.23. The Labute approximate surface area is 132 Å². The molecule has 0 bridgehead atoms. The monoisotopic (exact) mass is 307 g/mol. The largest absolute Gasteiger partial charge is 0.300 e. The number of hydrogen-bond donors (Lipinski definition) is 0. The number of nitrogens with zero attached hydrogens (tertiary/aromatic N) is 1. The van der Waals surface area contributed by atoms with Crippen molar-refractivity contribution in [1.82, 2.24) is 4.90 Å². The summed E-state index contributed by atoms with van der Waals surface area (Å²) in [5.74, 6) is 3.24. The summed E-state index contributed by atoms with van der Waals surface area (Å²) in [4.78, 5) is 2.75. The number of thioether (sulfide) groups is 1. The van der Waals surface area contributed by atoms with E-state index in [1.54, 1.807) is 12.1 Å². The van der Waals surface area contributed by atoms with Crippen molar-refractivity contribution < 1.29 is 4.39 Å². The van der Waals surface area contributed by atoms with E-state index in [2.05, 4.69) is 16.7 Å². The minimum Gasteiger partial charge on any atom is -0.300 e. The van der Waals surface area contributed by atoms with E-state index in [1.165, 1.54) is 56.5 Å². The zero-order valence-corrected chi connectivity index (χ0v) is 13.6. The predicted octanol–water partition coefficient (Wildman–Crippen LogP) is 4.37. The lowest BCUT2D eigenvalue weighted by atomic mass is 9.85. The molecule has 1 aromatic rings. The van der Waals surface area contributed by atoms with Crippen molar-refractivity contribution in [2.45, 2.75) is 44.6 Å². The second-order valence-corrected chi connectivity index (χ2v) is 7.60. The van der Waals surface area contributed by atoms with Gasteiger partial charge in [0.25, 0.3) is 0 Å². The van der Waals surface area contributed by atoms with Gasteiger partial charge in [-0.15, -0.1) is 0 Å². The molecule has 2 aliphatic heterocycles. The minimum absolute atomic E-state index is 0.133. The van der Waals surface area contributed by atoms with Gasteiger partial charge in [0.15, 0.2) is 0 Å². The Kier molecular flexibility index (Phi) is 5.59. The Morgan fingerprint density at radius 2 is 1.86 bits per heavy atom. The summed E-state index contributed by atoms with van der Waals surface area (Å²) in [7, 11) is 0. The molecular weight excluding hydrogens is 281 g/mol. The molecule has 3 rings (SSSR count). The van der Waals surface area contributed by atoms with Crippen LogP contribution in [0.25, 0.3) is 0 Å². The quantitative estimate of drug-likeness (QED) is 0.743. The first kappa shape index (κ1) is 15.4. The van der Waals surface area contributed by atoms with Crippen LogP contribution in [0.15, 0.2) is 24.3 Å². The average molecular weight is 307 g/mol. The maximum Gasteiger partial charge on any atom is 0.123 e. The summed E-state index contributed by atoms with van der Waals surface area (Å²) in [6.07, 6.45) is 8.12. The van der Waals surface area contributed by atoms with Crippen molar-refractivity contribution in [2.24, 2.45) is 5.92 Å². The van der Waals surface area contributed by atoms with Crippen LogP contribution in [0.4, 0.5) is 4.39 Å². The molecule has 21 heavy (non-hydrogen) atoms. The molecule has 0 radical (unpaired) electrons. The van der Waals surface area contributed by atoms with E-state index < -0.39 is 0 Å². The average Bonchev–Trinajstić information content (AvgIpc) is 2.53. The van der Waals surface area contributed by atoms with Crippen molar-refractivity contribution >= 4 is 11.8 Å². The number of benzene rings is 1. The van der Waals surface area contributed by atoms with Crippen LogP contribution in [-0.4, -0.2) is 35.5 Å². The van der Waals surface area contributed by atoms with Gasteiger partial charge in [-0.2, -0.15) is 11.8 Å². The van der Waals surface area contributed by atoms with Gasteiger partial charge in [-0.25, -0.2) is 4.39 Å². The minimum atomic E-state index is -0.133. The lowest BCUT2D eigenvalue weighted by Gasteiger charge is -2.44. The molecule has 2 fully saturated rings. The fraction of sp³-hybridized carbons (Fsp3) is 0.667. The summed E-state index contributed by atoms with van der Waals surface area (Å²) in [5, 5.41) is 0. The molecule has 1 nitrogen and oxygen atoms in total. The molecule has 2 saturated heterocycles. The lowest BCUT2D eigenvalue weighted by Crippen LogP contribution is -2.48. The van der Waals surface area contributed by atoms with Crippen molar-refractivity contribution in [3.05, 3.63) is 35.6 Å². The molecule has 116 valence electrons. The maximum absolute atomic E-state index is 12.9. The van der Waals surface area contributed by atoms with E-state index in [-0.39, 0.29) is 5.82 Å². The highest BCUT2D eigenvalue weighted by Gasteiger charge is 2.32. The van der Waals surface area contributed by atoms with Crippen LogP contribution in [0, 0.1) is 11.7 Å². The zero-order chi connectivity index (χ0) is 14.5. The predicted molar refractivity (Wildman–Crippen MR) is 89.4 cm³/mol. The molecule has 0 unspecified atom stereocenters. The van der Waals surface area contributed by atoms with Crippen molar-refractivity contribution in [3.63, 3.8) is 0 Å². The topological polar surface area (TPSA) is 3.24 Å². The number of aryl methyl sites for hydroxylation is 1. The van der Waals surface area contributed by atoms with Gasteiger partial charge < -0.3 is 4.90 Å². The summed E-state index contributed by atoms with van der Waals surface area (Å²) in [5.41, 5.74) is 1.26. The van der Waals surface area contributed by atoms with E-state index in [4.69, 9.17) is 0 Å². The van der Waals surface area contributed by atoms with Crippen LogP contribution >= 0.6 is 11.8 Å². The van der Waals surface area contributed by atoms with Gasteiger partial charge in [0.2, 0.25) is 0 Å². The van der Waals surface area contributed by atoms with Crippen LogP contribution < -0.4 is 0 Å². The molecule has 3 heteroatoms. The van der Waals surface area contributed by atoms with Crippen LogP contribution in [0.5, 0.6) is 0 Å². The van der Waals surface area contributed by atoms with Crippen LogP contribution in [0.2, 0.25) is 0 Å². The highest BCUT2D eigenvalue weighted by atomic mass is 32.2. The molecule has 2 heterocycles. The first-order valence-electron chi connectivity index (χ1n) is 8.39.